The standard InChI is InChI=1S/C21H25N3O5S/c1-16(25)22-17-7-9-18(10-8-17)23-21(26)20(24-11-13-29-14-12-24)15-30(27,28)19-5-3-2-4-6-19/h2-10,20H,11-15H2,1H3,(H,22,25)(H,23,26). The second-order valence-electron chi connectivity index (χ2n) is 7.01. The van der Waals surface area contributed by atoms with Gasteiger partial charge < -0.3 is 15.4 Å². The van der Waals surface area contributed by atoms with Crippen LogP contribution in [0.4, 0.5) is 11.4 Å². The fourth-order valence-electron chi connectivity index (χ4n) is 3.23. The Kier molecular flexibility index (Phi) is 7.20. The molecule has 2 N–H and O–H groups in total. The molecule has 2 aromatic carbocycles. The van der Waals surface area contributed by atoms with Gasteiger partial charge in [-0.2, -0.15) is 0 Å². The number of anilines is 2. The van der Waals surface area contributed by atoms with E-state index in [1.807, 2.05) is 4.90 Å². The molecule has 0 radical (unpaired) electrons. The van der Waals surface area contributed by atoms with E-state index in [4.69, 9.17) is 4.74 Å². The van der Waals surface area contributed by atoms with Crippen molar-refractivity contribution >= 4 is 33.0 Å². The first-order chi connectivity index (χ1) is 14.3. The maximum atomic E-state index is 13.1. The largest absolute Gasteiger partial charge is 0.379 e. The number of hydrogen-bond acceptors (Lipinski definition) is 6. The number of rotatable bonds is 7. The molecule has 1 aliphatic rings. The minimum absolute atomic E-state index is 0.190. The van der Waals surface area contributed by atoms with Crippen LogP contribution in [0.1, 0.15) is 6.92 Å². The van der Waals surface area contributed by atoms with Crippen LogP contribution in [-0.4, -0.2) is 63.2 Å². The fraction of sp³-hybridized carbons (Fsp3) is 0.333. The van der Waals surface area contributed by atoms with E-state index < -0.39 is 21.8 Å². The van der Waals surface area contributed by atoms with Gasteiger partial charge in [0.15, 0.2) is 9.84 Å². The van der Waals surface area contributed by atoms with Gasteiger partial charge in [-0.25, -0.2) is 8.42 Å². The molecular formula is C21H25N3O5S. The molecule has 9 heteroatoms. The van der Waals surface area contributed by atoms with Crippen LogP contribution in [0.5, 0.6) is 0 Å². The van der Waals surface area contributed by atoms with Gasteiger partial charge in [0.05, 0.1) is 23.9 Å². The molecular weight excluding hydrogens is 406 g/mol. The summed E-state index contributed by atoms with van der Waals surface area (Å²) >= 11 is 0. The van der Waals surface area contributed by atoms with Crippen LogP contribution in [0.3, 0.4) is 0 Å². The topological polar surface area (TPSA) is 105 Å². The molecule has 3 rings (SSSR count). The Balaban J connectivity index is 1.77. The highest BCUT2D eigenvalue weighted by Gasteiger charge is 2.33. The average molecular weight is 432 g/mol. The first-order valence-electron chi connectivity index (χ1n) is 9.63. The third-order valence-corrected chi connectivity index (χ3v) is 6.49. The molecule has 1 aliphatic heterocycles. The second-order valence-corrected chi connectivity index (χ2v) is 9.04. The zero-order chi connectivity index (χ0) is 21.6. The molecule has 0 bridgehead atoms. The summed E-state index contributed by atoms with van der Waals surface area (Å²) in [6.45, 7) is 3.25. The van der Waals surface area contributed by atoms with E-state index in [-0.39, 0.29) is 16.6 Å². The summed E-state index contributed by atoms with van der Waals surface area (Å²) in [5, 5.41) is 5.45. The third-order valence-electron chi connectivity index (χ3n) is 4.74. The number of ether oxygens (including phenoxy) is 1. The summed E-state index contributed by atoms with van der Waals surface area (Å²) in [7, 11) is -3.66. The summed E-state index contributed by atoms with van der Waals surface area (Å²) in [4.78, 5) is 26.2. The van der Waals surface area contributed by atoms with Gasteiger partial charge in [0, 0.05) is 31.4 Å². The molecule has 0 spiro atoms. The molecule has 1 atom stereocenters. The average Bonchev–Trinajstić information content (AvgIpc) is 2.74. The Labute approximate surface area is 176 Å². The van der Waals surface area contributed by atoms with Gasteiger partial charge in [0.25, 0.3) is 0 Å². The van der Waals surface area contributed by atoms with Crippen molar-refractivity contribution < 1.29 is 22.7 Å². The van der Waals surface area contributed by atoms with Crippen molar-refractivity contribution in [1.29, 1.82) is 0 Å². The number of morpholine rings is 1. The lowest BCUT2D eigenvalue weighted by Crippen LogP contribution is -2.52. The minimum atomic E-state index is -3.66. The van der Waals surface area contributed by atoms with Crippen LogP contribution in [-0.2, 0) is 24.2 Å². The Morgan fingerprint density at radius 1 is 0.967 bits per heavy atom. The Hall–Kier alpha value is -2.75. The van der Waals surface area contributed by atoms with Crippen molar-refractivity contribution in [3.8, 4) is 0 Å². The molecule has 160 valence electrons. The summed E-state index contributed by atoms with van der Waals surface area (Å²) < 4.78 is 31.2. The maximum Gasteiger partial charge on any atom is 0.242 e. The third kappa shape index (κ3) is 5.88. The lowest BCUT2D eigenvalue weighted by Gasteiger charge is -2.33. The van der Waals surface area contributed by atoms with Gasteiger partial charge in [-0.05, 0) is 36.4 Å². The fourth-order valence-corrected chi connectivity index (χ4v) is 4.78. The van der Waals surface area contributed by atoms with Gasteiger partial charge in [-0.3, -0.25) is 14.5 Å². The van der Waals surface area contributed by atoms with Crippen LogP contribution in [0.25, 0.3) is 0 Å². The monoisotopic (exact) mass is 431 g/mol. The van der Waals surface area contributed by atoms with Crippen molar-refractivity contribution in [2.75, 3.05) is 42.7 Å². The molecule has 0 saturated carbocycles. The lowest BCUT2D eigenvalue weighted by molar-refractivity contribution is -0.122. The smallest absolute Gasteiger partial charge is 0.242 e. The molecule has 8 nitrogen and oxygen atoms in total. The Morgan fingerprint density at radius 3 is 2.10 bits per heavy atom. The van der Waals surface area contributed by atoms with Crippen LogP contribution in [0.15, 0.2) is 59.5 Å². The summed E-state index contributed by atoms with van der Waals surface area (Å²) in [5.74, 6) is -0.915. The van der Waals surface area contributed by atoms with Gasteiger partial charge in [0.2, 0.25) is 11.8 Å². The lowest BCUT2D eigenvalue weighted by atomic mass is 10.2. The predicted octanol–water partition coefficient (Wildman–Crippen LogP) is 1.76. The molecule has 1 fully saturated rings. The maximum absolute atomic E-state index is 13.1. The van der Waals surface area contributed by atoms with Gasteiger partial charge in [0.1, 0.15) is 6.04 Å². The number of benzene rings is 2. The number of carbonyl (C=O) groups excluding carboxylic acids is 2. The van der Waals surface area contributed by atoms with Crippen LogP contribution < -0.4 is 10.6 Å². The summed E-state index contributed by atoms with van der Waals surface area (Å²) in [5.41, 5.74) is 1.13. The summed E-state index contributed by atoms with van der Waals surface area (Å²) in [6.07, 6.45) is 0. The van der Waals surface area contributed by atoms with E-state index >= 15 is 0 Å². The number of nitrogens with zero attached hydrogens (tertiary/aromatic N) is 1. The number of nitrogens with one attached hydrogen (secondary N) is 2. The molecule has 0 aliphatic carbocycles. The first-order valence-corrected chi connectivity index (χ1v) is 11.3. The summed E-state index contributed by atoms with van der Waals surface area (Å²) in [6, 6.07) is 13.9. The van der Waals surface area contributed by atoms with Crippen LogP contribution in [0, 0.1) is 0 Å². The van der Waals surface area contributed by atoms with Gasteiger partial charge >= 0.3 is 0 Å². The Morgan fingerprint density at radius 2 is 1.53 bits per heavy atom. The number of sulfone groups is 1. The second kappa shape index (κ2) is 9.84. The number of carbonyl (C=O) groups is 2. The number of amides is 2. The predicted molar refractivity (Wildman–Crippen MR) is 114 cm³/mol. The highest BCUT2D eigenvalue weighted by atomic mass is 32.2. The normalized spacial score (nSPS) is 15.9. The highest BCUT2D eigenvalue weighted by molar-refractivity contribution is 7.91. The van der Waals surface area contributed by atoms with E-state index in [1.54, 1.807) is 42.5 Å². The SMILES string of the molecule is CC(=O)Nc1ccc(NC(=O)C(CS(=O)(=O)c2ccccc2)N2CCOCC2)cc1. The first kappa shape index (κ1) is 21.9. The van der Waals surface area contributed by atoms with Gasteiger partial charge in [-0.15, -0.1) is 0 Å². The molecule has 2 aromatic rings. The van der Waals surface area contributed by atoms with Gasteiger partial charge in [-0.1, -0.05) is 18.2 Å². The molecule has 2 amide bonds. The van der Waals surface area contributed by atoms with Crippen molar-refractivity contribution in [2.45, 2.75) is 17.9 Å². The molecule has 1 unspecified atom stereocenters. The van der Waals surface area contributed by atoms with E-state index in [1.165, 1.54) is 19.1 Å². The van der Waals surface area contributed by atoms with Crippen molar-refractivity contribution in [2.24, 2.45) is 0 Å². The Bertz CT molecular complexity index is 971. The van der Waals surface area contributed by atoms with Crippen molar-refractivity contribution in [3.63, 3.8) is 0 Å². The molecule has 30 heavy (non-hydrogen) atoms. The zero-order valence-electron chi connectivity index (χ0n) is 16.7. The van der Waals surface area contributed by atoms with E-state index in [9.17, 15) is 18.0 Å². The van der Waals surface area contributed by atoms with E-state index in [2.05, 4.69) is 10.6 Å². The van der Waals surface area contributed by atoms with Crippen molar-refractivity contribution in [3.05, 3.63) is 54.6 Å². The zero-order valence-corrected chi connectivity index (χ0v) is 17.5. The molecule has 0 aromatic heterocycles. The minimum Gasteiger partial charge on any atom is -0.379 e. The number of hydrogen-bond donors (Lipinski definition) is 2. The van der Waals surface area contributed by atoms with Crippen LogP contribution >= 0.6 is 0 Å². The highest BCUT2D eigenvalue weighted by Crippen LogP contribution is 2.18. The molecule has 1 saturated heterocycles. The van der Waals surface area contributed by atoms with Crippen molar-refractivity contribution in [1.82, 2.24) is 4.90 Å². The van der Waals surface area contributed by atoms with Crippen LogP contribution in [0.2, 0.25) is 0 Å². The molecule has 1 heterocycles. The van der Waals surface area contributed by atoms with E-state index in [0.717, 1.165) is 0 Å². The van der Waals surface area contributed by atoms with E-state index in [0.29, 0.717) is 37.7 Å². The quantitative estimate of drug-likeness (QED) is 0.692.